The molecule has 1 heterocycles. The normalized spacial score (nSPS) is 17.7. The molecule has 0 aromatic rings. The van der Waals surface area contributed by atoms with Gasteiger partial charge in [0.2, 0.25) is 0 Å². The van der Waals surface area contributed by atoms with Gasteiger partial charge in [0.05, 0.1) is 6.42 Å². The lowest BCUT2D eigenvalue weighted by Crippen LogP contribution is -2.05. The lowest BCUT2D eigenvalue weighted by Gasteiger charge is -2.05. The first kappa shape index (κ1) is 5.90. The number of hydrogen-bond acceptors (Lipinski definition) is 2. The Balaban J connectivity index is 2.63. The summed E-state index contributed by atoms with van der Waals surface area (Å²) in [6.07, 6.45) is 7.44. The standard InChI is InChI=1S/C7H6O2/c1-2-6-3-4-7(8)9-5-6/h1,5H,3-4H2. The van der Waals surface area contributed by atoms with E-state index in [1.54, 1.807) is 0 Å². The molecular formula is C7H6O2. The average Bonchev–Trinajstić information content (AvgIpc) is 1.90. The Bertz CT molecular complexity index is 195. The first-order valence-corrected chi connectivity index (χ1v) is 2.68. The van der Waals surface area contributed by atoms with Gasteiger partial charge in [-0.3, -0.25) is 4.79 Å². The van der Waals surface area contributed by atoms with Crippen LogP contribution in [-0.4, -0.2) is 5.97 Å². The van der Waals surface area contributed by atoms with Crippen LogP contribution in [0.3, 0.4) is 0 Å². The second-order valence-electron chi connectivity index (χ2n) is 1.78. The molecule has 2 nitrogen and oxygen atoms in total. The predicted molar refractivity (Wildman–Crippen MR) is 32.2 cm³/mol. The van der Waals surface area contributed by atoms with Crippen molar-refractivity contribution in [1.29, 1.82) is 0 Å². The molecule has 0 aliphatic carbocycles. The van der Waals surface area contributed by atoms with Gasteiger partial charge in [0.1, 0.15) is 6.26 Å². The summed E-state index contributed by atoms with van der Waals surface area (Å²) < 4.78 is 4.54. The fourth-order valence-corrected chi connectivity index (χ4v) is 0.598. The van der Waals surface area contributed by atoms with Crippen molar-refractivity contribution in [3.8, 4) is 12.3 Å². The van der Waals surface area contributed by atoms with Crippen molar-refractivity contribution < 1.29 is 9.53 Å². The molecule has 2 heteroatoms. The summed E-state index contributed by atoms with van der Waals surface area (Å²) in [5.41, 5.74) is 0.759. The molecule has 1 aliphatic heterocycles. The molecule has 0 saturated heterocycles. The minimum absolute atomic E-state index is 0.200. The maximum Gasteiger partial charge on any atom is 0.310 e. The quantitative estimate of drug-likeness (QED) is 0.351. The summed E-state index contributed by atoms with van der Waals surface area (Å²) >= 11 is 0. The molecule has 0 saturated carbocycles. The van der Waals surface area contributed by atoms with Gasteiger partial charge >= 0.3 is 5.97 Å². The molecule has 9 heavy (non-hydrogen) atoms. The van der Waals surface area contributed by atoms with Gasteiger partial charge in [0.25, 0.3) is 0 Å². The Morgan fingerprint density at radius 3 is 2.89 bits per heavy atom. The van der Waals surface area contributed by atoms with E-state index in [9.17, 15) is 4.79 Å². The zero-order chi connectivity index (χ0) is 6.69. The summed E-state index contributed by atoms with van der Waals surface area (Å²) in [5.74, 6) is 2.21. The van der Waals surface area contributed by atoms with Crippen molar-refractivity contribution >= 4 is 5.97 Å². The zero-order valence-corrected chi connectivity index (χ0v) is 4.89. The van der Waals surface area contributed by atoms with Gasteiger partial charge in [0.15, 0.2) is 0 Å². The maximum absolute atomic E-state index is 10.4. The van der Waals surface area contributed by atoms with Gasteiger partial charge in [0, 0.05) is 5.57 Å². The topological polar surface area (TPSA) is 26.3 Å². The molecule has 0 spiro atoms. The van der Waals surface area contributed by atoms with Crippen molar-refractivity contribution in [1.82, 2.24) is 0 Å². The summed E-state index contributed by atoms with van der Waals surface area (Å²) in [6, 6.07) is 0. The SMILES string of the molecule is C#CC1=COC(=O)CC1. The summed E-state index contributed by atoms with van der Waals surface area (Å²) in [4.78, 5) is 10.4. The van der Waals surface area contributed by atoms with E-state index in [2.05, 4.69) is 10.7 Å². The van der Waals surface area contributed by atoms with E-state index in [-0.39, 0.29) is 5.97 Å². The molecule has 0 amide bonds. The highest BCUT2D eigenvalue weighted by molar-refractivity contribution is 5.72. The van der Waals surface area contributed by atoms with E-state index in [0.29, 0.717) is 12.8 Å². The number of carbonyl (C=O) groups excluding carboxylic acids is 1. The van der Waals surface area contributed by atoms with Crippen LogP contribution in [-0.2, 0) is 9.53 Å². The molecule has 0 aromatic carbocycles. The molecule has 1 rings (SSSR count). The number of allylic oxidation sites excluding steroid dienone is 1. The Morgan fingerprint density at radius 2 is 2.44 bits per heavy atom. The highest BCUT2D eigenvalue weighted by Gasteiger charge is 2.08. The van der Waals surface area contributed by atoms with Crippen molar-refractivity contribution in [2.24, 2.45) is 0 Å². The number of carbonyl (C=O) groups is 1. The van der Waals surface area contributed by atoms with Gasteiger partial charge in [-0.05, 0) is 6.42 Å². The van der Waals surface area contributed by atoms with Gasteiger partial charge in [-0.1, -0.05) is 5.92 Å². The Hall–Kier alpha value is -1.23. The fourth-order valence-electron chi connectivity index (χ4n) is 0.598. The third kappa shape index (κ3) is 1.33. The zero-order valence-electron chi connectivity index (χ0n) is 4.89. The van der Waals surface area contributed by atoms with E-state index in [1.807, 2.05) is 0 Å². The molecule has 1 aliphatic rings. The van der Waals surface area contributed by atoms with Crippen LogP contribution in [0.1, 0.15) is 12.8 Å². The first-order valence-electron chi connectivity index (χ1n) is 2.68. The van der Waals surface area contributed by atoms with Crippen LogP contribution in [0.4, 0.5) is 0 Å². The molecule has 0 N–H and O–H groups in total. The van der Waals surface area contributed by atoms with E-state index >= 15 is 0 Å². The minimum atomic E-state index is -0.200. The summed E-state index contributed by atoms with van der Waals surface area (Å²) in [6.45, 7) is 0. The first-order chi connectivity index (χ1) is 4.33. The largest absolute Gasteiger partial charge is 0.433 e. The fraction of sp³-hybridized carbons (Fsp3) is 0.286. The molecule has 0 radical (unpaired) electrons. The van der Waals surface area contributed by atoms with Crippen LogP contribution < -0.4 is 0 Å². The molecule has 0 bridgehead atoms. The molecule has 0 aromatic heterocycles. The number of rotatable bonds is 0. The van der Waals surface area contributed by atoms with Crippen LogP contribution in [0.5, 0.6) is 0 Å². The number of cyclic esters (lactones) is 1. The number of esters is 1. The lowest BCUT2D eigenvalue weighted by atomic mass is 10.1. The third-order valence-corrected chi connectivity index (χ3v) is 1.12. The van der Waals surface area contributed by atoms with Gasteiger partial charge in [-0.15, -0.1) is 6.42 Å². The second-order valence-corrected chi connectivity index (χ2v) is 1.78. The summed E-state index contributed by atoms with van der Waals surface area (Å²) in [7, 11) is 0. The van der Waals surface area contributed by atoms with Crippen molar-refractivity contribution in [3.63, 3.8) is 0 Å². The highest BCUT2D eigenvalue weighted by Crippen LogP contribution is 2.10. The van der Waals surface area contributed by atoms with E-state index < -0.39 is 0 Å². The van der Waals surface area contributed by atoms with E-state index in [4.69, 9.17) is 6.42 Å². The van der Waals surface area contributed by atoms with Crippen LogP contribution in [0.2, 0.25) is 0 Å². The second kappa shape index (κ2) is 2.36. The highest BCUT2D eigenvalue weighted by atomic mass is 16.5. The number of hydrogen-bond donors (Lipinski definition) is 0. The third-order valence-electron chi connectivity index (χ3n) is 1.12. The van der Waals surface area contributed by atoms with Crippen LogP contribution >= 0.6 is 0 Å². The van der Waals surface area contributed by atoms with Crippen LogP contribution in [0.15, 0.2) is 11.8 Å². The lowest BCUT2D eigenvalue weighted by molar-refractivity contribution is -0.138. The Labute approximate surface area is 53.5 Å². The number of ether oxygens (including phenoxy) is 1. The number of terminal acetylenes is 1. The molecule has 0 fully saturated rings. The average molecular weight is 122 g/mol. The van der Waals surface area contributed by atoms with Crippen molar-refractivity contribution in [3.05, 3.63) is 11.8 Å². The van der Waals surface area contributed by atoms with Gasteiger partial charge < -0.3 is 4.74 Å². The van der Waals surface area contributed by atoms with Gasteiger partial charge in [-0.25, -0.2) is 0 Å². The monoisotopic (exact) mass is 122 g/mol. The summed E-state index contributed by atoms with van der Waals surface area (Å²) in [5, 5.41) is 0. The van der Waals surface area contributed by atoms with Gasteiger partial charge in [-0.2, -0.15) is 0 Å². The minimum Gasteiger partial charge on any atom is -0.433 e. The van der Waals surface area contributed by atoms with Crippen LogP contribution in [0.25, 0.3) is 0 Å². The molecule has 0 unspecified atom stereocenters. The van der Waals surface area contributed by atoms with Crippen LogP contribution in [0, 0.1) is 12.3 Å². The van der Waals surface area contributed by atoms with E-state index in [0.717, 1.165) is 5.57 Å². The van der Waals surface area contributed by atoms with Crippen molar-refractivity contribution in [2.75, 3.05) is 0 Å². The Morgan fingerprint density at radius 1 is 1.67 bits per heavy atom. The molecule has 46 valence electrons. The van der Waals surface area contributed by atoms with Crippen molar-refractivity contribution in [2.45, 2.75) is 12.8 Å². The maximum atomic E-state index is 10.4. The predicted octanol–water partition coefficient (Wildman–Crippen LogP) is 0.841. The molecular weight excluding hydrogens is 116 g/mol. The Kier molecular flexibility index (Phi) is 1.55. The van der Waals surface area contributed by atoms with E-state index in [1.165, 1.54) is 6.26 Å². The smallest absolute Gasteiger partial charge is 0.310 e. The molecule has 0 atom stereocenters.